The van der Waals surface area contributed by atoms with Crippen LogP contribution < -0.4 is 21.3 Å². The summed E-state index contributed by atoms with van der Waals surface area (Å²) in [7, 11) is 0. The van der Waals surface area contributed by atoms with Crippen molar-refractivity contribution in [1.29, 1.82) is 0 Å². The number of aliphatic hydroxyl groups excluding tert-OH is 1. The number of aromatic nitrogens is 3. The average molecular weight is 755 g/mol. The molecule has 2 fully saturated rings. The van der Waals surface area contributed by atoms with E-state index in [9.17, 15) is 24.3 Å². The largest absolute Gasteiger partial charge is 0.394 e. The molecule has 5 amide bonds. The van der Waals surface area contributed by atoms with E-state index in [0.29, 0.717) is 61.9 Å². The number of nitrogens with zero attached hydrogens (tertiary/aromatic N) is 6. The number of hydrogen-bond donors (Lipinski definition) is 5. The molecule has 7 rings (SSSR count). The van der Waals surface area contributed by atoms with Crippen molar-refractivity contribution < 1.29 is 28.7 Å². The van der Waals surface area contributed by atoms with Gasteiger partial charge in [0.2, 0.25) is 11.8 Å². The number of halogens is 1. The van der Waals surface area contributed by atoms with Crippen LogP contribution in [0.1, 0.15) is 78.6 Å². The fourth-order valence-electron chi connectivity index (χ4n) is 7.29. The molecule has 2 aromatic carbocycles. The van der Waals surface area contributed by atoms with Gasteiger partial charge in [0.1, 0.15) is 23.5 Å². The third-order valence-electron chi connectivity index (χ3n) is 10.6. The topological polar surface area (TPSA) is 177 Å². The molecule has 2 aromatic heterocycles. The molecule has 5 heterocycles. The molecule has 0 aliphatic carbocycles. The van der Waals surface area contributed by atoms with Gasteiger partial charge in [0.05, 0.1) is 18.8 Å². The SMILES string of the molecule is CCC(CO)Nc1cc(NCc2ccc(NC(=O)N3CCN(Cc4cc5c(cc4F)C(=O)N(C4CCC(=O)NC4=O)C5)CC3)cc2)n2ncc(C(C)C)c2n1. The molecule has 2 saturated heterocycles. The third kappa shape index (κ3) is 8.10. The number of nitrogens with one attached hydrogen (secondary N) is 4. The van der Waals surface area contributed by atoms with Crippen LogP contribution in [0.2, 0.25) is 0 Å². The molecule has 0 spiro atoms. The molecule has 0 saturated carbocycles. The average Bonchev–Trinajstić information content (AvgIpc) is 3.74. The van der Waals surface area contributed by atoms with Crippen molar-refractivity contribution in [3.05, 3.63) is 82.3 Å². The molecule has 3 aliphatic rings. The fraction of sp³-hybridized carbons (Fsp3) is 0.436. The predicted molar refractivity (Wildman–Crippen MR) is 204 cm³/mol. The van der Waals surface area contributed by atoms with Crippen molar-refractivity contribution in [2.75, 3.05) is 48.7 Å². The van der Waals surface area contributed by atoms with Gasteiger partial charge < -0.3 is 30.9 Å². The number of amides is 5. The number of hydrogen-bond acceptors (Lipinski definition) is 10. The number of piperazine rings is 1. The van der Waals surface area contributed by atoms with Crippen LogP contribution in [0.3, 0.4) is 0 Å². The molecular formula is C39H47FN10O5. The van der Waals surface area contributed by atoms with Crippen LogP contribution in [0.5, 0.6) is 0 Å². The molecular weight excluding hydrogens is 707 g/mol. The third-order valence-corrected chi connectivity index (χ3v) is 10.6. The first-order valence-corrected chi connectivity index (χ1v) is 18.8. The second kappa shape index (κ2) is 16.0. The Morgan fingerprint density at radius 1 is 1.07 bits per heavy atom. The number of benzene rings is 2. The Labute approximate surface area is 318 Å². The van der Waals surface area contributed by atoms with Crippen molar-refractivity contribution >= 4 is 46.7 Å². The summed E-state index contributed by atoms with van der Waals surface area (Å²) in [6.07, 6.45) is 2.98. The van der Waals surface area contributed by atoms with Crippen molar-refractivity contribution in [1.82, 2.24) is 34.6 Å². The molecule has 0 bridgehead atoms. The Morgan fingerprint density at radius 3 is 2.53 bits per heavy atom. The van der Waals surface area contributed by atoms with Gasteiger partial charge >= 0.3 is 6.03 Å². The lowest BCUT2D eigenvalue weighted by atomic mass is 10.0. The zero-order valence-electron chi connectivity index (χ0n) is 31.3. The van der Waals surface area contributed by atoms with Gasteiger partial charge in [-0.05, 0) is 54.2 Å². The minimum absolute atomic E-state index is 0.000511. The van der Waals surface area contributed by atoms with Crippen LogP contribution in [0.15, 0.2) is 48.7 Å². The van der Waals surface area contributed by atoms with E-state index < -0.39 is 23.7 Å². The quantitative estimate of drug-likeness (QED) is 0.133. The normalized spacial score (nSPS) is 18.1. The van der Waals surface area contributed by atoms with Gasteiger partial charge in [-0.25, -0.2) is 14.2 Å². The highest BCUT2D eigenvalue weighted by atomic mass is 19.1. The van der Waals surface area contributed by atoms with Crippen molar-refractivity contribution in [2.24, 2.45) is 0 Å². The maximum absolute atomic E-state index is 15.2. The first-order chi connectivity index (χ1) is 26.5. The van der Waals surface area contributed by atoms with E-state index in [-0.39, 0.29) is 55.5 Å². The summed E-state index contributed by atoms with van der Waals surface area (Å²) in [6, 6.07) is 11.4. The first-order valence-electron chi connectivity index (χ1n) is 18.8. The maximum Gasteiger partial charge on any atom is 0.321 e. The van der Waals surface area contributed by atoms with Gasteiger partial charge in [0, 0.05) is 80.7 Å². The van der Waals surface area contributed by atoms with Crippen LogP contribution in [0, 0.1) is 5.82 Å². The second-order valence-electron chi connectivity index (χ2n) is 14.7. The van der Waals surface area contributed by atoms with Gasteiger partial charge in [-0.2, -0.15) is 9.61 Å². The minimum atomic E-state index is -0.757. The zero-order valence-corrected chi connectivity index (χ0v) is 31.3. The second-order valence-corrected chi connectivity index (χ2v) is 14.7. The van der Waals surface area contributed by atoms with E-state index in [1.807, 2.05) is 43.5 Å². The van der Waals surface area contributed by atoms with Gasteiger partial charge in [-0.3, -0.25) is 24.6 Å². The molecule has 2 unspecified atom stereocenters. The number of anilines is 3. The maximum atomic E-state index is 15.2. The number of aliphatic hydroxyl groups is 1. The Morgan fingerprint density at radius 2 is 1.84 bits per heavy atom. The summed E-state index contributed by atoms with van der Waals surface area (Å²) in [6.45, 7) is 9.22. The molecule has 2 atom stereocenters. The van der Waals surface area contributed by atoms with E-state index in [1.165, 1.54) is 11.0 Å². The number of fused-ring (bicyclic) bond motifs is 2. The monoisotopic (exact) mass is 754 g/mol. The summed E-state index contributed by atoms with van der Waals surface area (Å²) < 4.78 is 17.0. The Bertz CT molecular complexity index is 2090. The van der Waals surface area contributed by atoms with E-state index in [1.54, 1.807) is 15.5 Å². The first kappa shape index (κ1) is 37.7. The van der Waals surface area contributed by atoms with Crippen LogP contribution in [-0.4, -0.2) is 103 Å². The van der Waals surface area contributed by atoms with Crippen LogP contribution in [-0.2, 0) is 29.2 Å². The summed E-state index contributed by atoms with van der Waals surface area (Å²) in [5.41, 5.74) is 4.79. The molecule has 4 aromatic rings. The van der Waals surface area contributed by atoms with Gasteiger partial charge in [0.15, 0.2) is 5.65 Å². The van der Waals surface area contributed by atoms with E-state index in [4.69, 9.17) is 4.98 Å². The van der Waals surface area contributed by atoms with Crippen molar-refractivity contribution in [3.8, 4) is 0 Å². The minimum Gasteiger partial charge on any atom is -0.394 e. The molecule has 5 N–H and O–H groups in total. The number of imide groups is 1. The van der Waals surface area contributed by atoms with Crippen molar-refractivity contribution in [2.45, 2.75) is 77.7 Å². The number of piperidine rings is 1. The van der Waals surface area contributed by atoms with E-state index in [0.717, 1.165) is 29.0 Å². The predicted octanol–water partition coefficient (Wildman–Crippen LogP) is 3.90. The van der Waals surface area contributed by atoms with E-state index >= 15 is 4.39 Å². The lowest BCUT2D eigenvalue weighted by Gasteiger charge is -2.34. The highest BCUT2D eigenvalue weighted by molar-refractivity contribution is 6.05. The molecule has 15 nitrogen and oxygen atoms in total. The summed E-state index contributed by atoms with van der Waals surface area (Å²) in [4.78, 5) is 60.2. The smallest absolute Gasteiger partial charge is 0.321 e. The van der Waals surface area contributed by atoms with Crippen LogP contribution in [0.25, 0.3) is 5.65 Å². The number of rotatable bonds is 12. The lowest BCUT2D eigenvalue weighted by Crippen LogP contribution is -2.52. The van der Waals surface area contributed by atoms with Crippen LogP contribution in [0.4, 0.5) is 26.5 Å². The number of carbonyl (C=O) groups excluding carboxylic acids is 4. The zero-order chi connectivity index (χ0) is 38.8. The Kier molecular flexibility index (Phi) is 11.0. The van der Waals surface area contributed by atoms with Crippen LogP contribution >= 0.6 is 0 Å². The fourth-order valence-corrected chi connectivity index (χ4v) is 7.29. The highest BCUT2D eigenvalue weighted by Gasteiger charge is 2.39. The molecule has 3 aliphatic heterocycles. The molecule has 55 heavy (non-hydrogen) atoms. The highest BCUT2D eigenvalue weighted by Crippen LogP contribution is 2.30. The standard InChI is InChI=1S/C39H47FN10O5/c1-4-27(22-51)43-33-17-34(50-36(45-33)30(19-42-50)23(2)3)41-18-24-5-7-28(8-6-24)44-39(55)48-13-11-47(12-14-48)20-26-15-25-21-49(38(54)29(25)16-31(26)40)32-9-10-35(52)46-37(32)53/h5-8,15-17,19,23,27,32,41,51H,4,9-14,18,20-22H2,1-3H3,(H,43,45)(H,44,55)(H,46,52,53). The Balaban J connectivity index is 0.912. The molecule has 0 radical (unpaired) electrons. The Hall–Kier alpha value is -5.61. The number of urea groups is 1. The lowest BCUT2D eigenvalue weighted by molar-refractivity contribution is -0.136. The summed E-state index contributed by atoms with van der Waals surface area (Å²) >= 11 is 0. The van der Waals surface area contributed by atoms with Crippen molar-refractivity contribution in [3.63, 3.8) is 0 Å². The summed E-state index contributed by atoms with van der Waals surface area (Å²) in [5, 5.41) is 26.4. The van der Waals surface area contributed by atoms with Gasteiger partial charge in [-0.15, -0.1) is 0 Å². The van der Waals surface area contributed by atoms with Gasteiger partial charge in [0.25, 0.3) is 5.91 Å². The van der Waals surface area contributed by atoms with E-state index in [2.05, 4.69) is 45.1 Å². The molecule has 290 valence electrons. The summed E-state index contributed by atoms with van der Waals surface area (Å²) in [5.74, 6) is -0.110. The molecule has 16 heteroatoms. The number of carbonyl (C=O) groups is 4. The van der Waals surface area contributed by atoms with Gasteiger partial charge in [-0.1, -0.05) is 32.9 Å².